The van der Waals surface area contributed by atoms with Crippen molar-refractivity contribution >= 4 is 45.2 Å². The molecule has 0 aromatic carbocycles. The van der Waals surface area contributed by atoms with Crippen molar-refractivity contribution in [3.8, 4) is 0 Å². The van der Waals surface area contributed by atoms with Gasteiger partial charge in [0.05, 0.1) is 12.9 Å². The maximum Gasteiger partial charge on any atom is 0.325 e. The van der Waals surface area contributed by atoms with Gasteiger partial charge >= 0.3 is 5.97 Å². The van der Waals surface area contributed by atoms with E-state index in [1.807, 2.05) is 0 Å². The van der Waals surface area contributed by atoms with Gasteiger partial charge in [-0.3, -0.25) is 9.59 Å². The number of nitrogens with one attached hydrogen (secondary N) is 1. The molecule has 2 aromatic rings. The highest BCUT2D eigenvalue weighted by Gasteiger charge is 2.23. The minimum absolute atomic E-state index is 0.110. The van der Waals surface area contributed by atoms with Crippen LogP contribution in [0.4, 0.5) is 0 Å². The number of rotatable bonds is 5. The molecule has 2 heterocycles. The fraction of sp³-hybridized carbons (Fsp3) is 0.500. The predicted octanol–water partition coefficient (Wildman–Crippen LogP) is 2.20. The number of esters is 1. The first-order valence-electron chi connectivity index (χ1n) is 7.80. The van der Waals surface area contributed by atoms with E-state index in [9.17, 15) is 9.59 Å². The molecule has 1 aliphatic carbocycles. The zero-order valence-electron chi connectivity index (χ0n) is 13.6. The Morgan fingerprint density at radius 1 is 1.46 bits per heavy atom. The molecule has 0 fully saturated rings. The Balaban J connectivity index is 1.73. The van der Waals surface area contributed by atoms with E-state index in [4.69, 9.17) is 0 Å². The molecule has 24 heavy (non-hydrogen) atoms. The summed E-state index contributed by atoms with van der Waals surface area (Å²) in [7, 11) is 1.29. The predicted molar refractivity (Wildman–Crippen MR) is 94.4 cm³/mol. The van der Waals surface area contributed by atoms with Crippen LogP contribution in [-0.4, -0.2) is 41.3 Å². The van der Waals surface area contributed by atoms with Gasteiger partial charge in [-0.15, -0.1) is 11.3 Å². The molecule has 1 aliphatic rings. The third-order valence-electron chi connectivity index (χ3n) is 4.05. The molecule has 1 atom stereocenters. The normalized spacial score (nSPS) is 16.7. The van der Waals surface area contributed by atoms with Crippen LogP contribution >= 0.6 is 23.1 Å². The topological polar surface area (TPSA) is 81.2 Å². The number of carbonyl (C=O) groups excluding carboxylic acids is 2. The molecule has 6 nitrogen and oxygen atoms in total. The molecule has 2 aromatic heterocycles. The van der Waals surface area contributed by atoms with E-state index in [0.29, 0.717) is 5.92 Å². The van der Waals surface area contributed by atoms with Gasteiger partial charge in [0.2, 0.25) is 5.91 Å². The second-order valence-electron chi connectivity index (χ2n) is 5.85. The van der Waals surface area contributed by atoms with Gasteiger partial charge in [0, 0.05) is 10.3 Å². The molecule has 8 heteroatoms. The lowest BCUT2D eigenvalue weighted by Gasteiger charge is -2.18. The average molecular weight is 365 g/mol. The Labute approximate surface area is 148 Å². The first-order chi connectivity index (χ1) is 11.6. The maximum atomic E-state index is 11.9. The number of ether oxygens (including phenoxy) is 1. The van der Waals surface area contributed by atoms with Crippen LogP contribution < -0.4 is 5.32 Å². The van der Waals surface area contributed by atoms with E-state index in [2.05, 4.69) is 26.9 Å². The van der Waals surface area contributed by atoms with E-state index >= 15 is 0 Å². The fourth-order valence-corrected chi connectivity index (χ4v) is 5.05. The van der Waals surface area contributed by atoms with Crippen molar-refractivity contribution in [1.29, 1.82) is 0 Å². The van der Waals surface area contributed by atoms with Crippen molar-refractivity contribution in [2.75, 3.05) is 19.4 Å². The number of nitrogens with zero attached hydrogens (tertiary/aromatic N) is 2. The molecule has 128 valence electrons. The zero-order chi connectivity index (χ0) is 17.1. The van der Waals surface area contributed by atoms with Crippen LogP contribution in [0.15, 0.2) is 11.4 Å². The summed E-state index contributed by atoms with van der Waals surface area (Å²) in [6.45, 7) is 2.17. The van der Waals surface area contributed by atoms with Gasteiger partial charge in [0.25, 0.3) is 0 Å². The average Bonchev–Trinajstić information content (AvgIpc) is 2.95. The fourth-order valence-electron chi connectivity index (χ4n) is 2.78. The highest BCUT2D eigenvalue weighted by atomic mass is 32.2. The van der Waals surface area contributed by atoms with Gasteiger partial charge in [-0.05, 0) is 30.7 Å². The van der Waals surface area contributed by atoms with Crippen molar-refractivity contribution in [3.63, 3.8) is 0 Å². The second kappa shape index (κ2) is 7.48. The molecule has 0 saturated heterocycles. The number of aromatic nitrogens is 2. The monoisotopic (exact) mass is 365 g/mol. The largest absolute Gasteiger partial charge is 0.468 e. The van der Waals surface area contributed by atoms with Crippen LogP contribution in [0.2, 0.25) is 0 Å². The quantitative estimate of drug-likeness (QED) is 0.497. The van der Waals surface area contributed by atoms with Crippen molar-refractivity contribution < 1.29 is 14.3 Å². The minimum atomic E-state index is -0.459. The van der Waals surface area contributed by atoms with Gasteiger partial charge in [-0.2, -0.15) is 0 Å². The lowest BCUT2D eigenvalue weighted by molar-refractivity contribution is -0.140. The molecular formula is C16H19N3O3S2. The lowest BCUT2D eigenvalue weighted by atomic mass is 9.89. The lowest BCUT2D eigenvalue weighted by Crippen LogP contribution is -2.31. The molecular weight excluding hydrogens is 346 g/mol. The number of thiophene rings is 1. The highest BCUT2D eigenvalue weighted by molar-refractivity contribution is 8.00. The van der Waals surface area contributed by atoms with Crippen molar-refractivity contribution in [3.05, 3.63) is 16.8 Å². The molecule has 0 radical (unpaired) electrons. The van der Waals surface area contributed by atoms with Crippen LogP contribution in [0, 0.1) is 5.92 Å². The number of hydrogen-bond acceptors (Lipinski definition) is 7. The summed E-state index contributed by atoms with van der Waals surface area (Å²) in [6, 6.07) is 0. The maximum absolute atomic E-state index is 11.9. The molecule has 0 saturated carbocycles. The molecule has 0 spiro atoms. The zero-order valence-corrected chi connectivity index (χ0v) is 15.3. The van der Waals surface area contributed by atoms with Crippen LogP contribution in [0.1, 0.15) is 23.8 Å². The number of amides is 1. The van der Waals surface area contributed by atoms with Crippen molar-refractivity contribution in [2.24, 2.45) is 5.92 Å². The standard InChI is InChI=1S/C16H19N3O3S2/c1-9-3-4-10-11(5-9)24-16-14(10)15(18-8-19-16)23-7-12(20)17-6-13(21)22-2/h8-9H,3-7H2,1-2H3,(H,17,20)/t9-/m0/s1. The summed E-state index contributed by atoms with van der Waals surface area (Å²) in [5.74, 6) is 0.247. The molecule has 3 rings (SSSR count). The van der Waals surface area contributed by atoms with Gasteiger partial charge in [0.15, 0.2) is 0 Å². The Bertz CT molecular complexity index is 775. The van der Waals surface area contributed by atoms with E-state index in [1.54, 1.807) is 17.7 Å². The summed E-state index contributed by atoms with van der Waals surface area (Å²) in [5.41, 5.74) is 1.35. The Kier molecular flexibility index (Phi) is 5.35. The highest BCUT2D eigenvalue weighted by Crippen LogP contribution is 2.40. The summed E-state index contributed by atoms with van der Waals surface area (Å²) < 4.78 is 4.50. The summed E-state index contributed by atoms with van der Waals surface area (Å²) in [6.07, 6.45) is 4.88. The smallest absolute Gasteiger partial charge is 0.325 e. The number of aryl methyl sites for hydroxylation is 1. The van der Waals surface area contributed by atoms with Gasteiger partial charge < -0.3 is 10.1 Å². The third kappa shape index (κ3) is 3.70. The van der Waals surface area contributed by atoms with Gasteiger partial charge in [0.1, 0.15) is 22.7 Å². The second-order valence-corrected chi connectivity index (χ2v) is 7.90. The van der Waals surface area contributed by atoms with E-state index in [-0.39, 0.29) is 18.2 Å². The minimum Gasteiger partial charge on any atom is -0.468 e. The SMILES string of the molecule is COC(=O)CNC(=O)CSc1ncnc2sc3c(c12)CC[C@H](C)C3. The van der Waals surface area contributed by atoms with Gasteiger partial charge in [-0.1, -0.05) is 18.7 Å². The first kappa shape index (κ1) is 17.2. The van der Waals surface area contributed by atoms with Crippen molar-refractivity contribution in [1.82, 2.24) is 15.3 Å². The molecule has 0 unspecified atom stereocenters. The Morgan fingerprint density at radius 2 is 2.29 bits per heavy atom. The molecule has 0 aliphatic heterocycles. The number of hydrogen-bond donors (Lipinski definition) is 1. The number of fused-ring (bicyclic) bond motifs is 3. The van der Waals surface area contributed by atoms with Crippen LogP contribution in [0.25, 0.3) is 10.2 Å². The number of carbonyl (C=O) groups is 2. The molecule has 0 bridgehead atoms. The molecule has 1 amide bonds. The van der Waals surface area contributed by atoms with Crippen LogP contribution in [0.5, 0.6) is 0 Å². The summed E-state index contributed by atoms with van der Waals surface area (Å²) in [4.78, 5) is 34.1. The van der Waals surface area contributed by atoms with E-state index in [0.717, 1.165) is 28.1 Å². The van der Waals surface area contributed by atoms with Crippen LogP contribution in [0.3, 0.4) is 0 Å². The Morgan fingerprint density at radius 3 is 3.08 bits per heavy atom. The van der Waals surface area contributed by atoms with Crippen LogP contribution in [-0.2, 0) is 27.2 Å². The number of methoxy groups -OCH3 is 1. The third-order valence-corrected chi connectivity index (χ3v) is 6.21. The first-order valence-corrected chi connectivity index (χ1v) is 9.60. The van der Waals surface area contributed by atoms with E-state index < -0.39 is 5.97 Å². The Hall–Kier alpha value is -1.67. The molecule has 1 N–H and O–H groups in total. The summed E-state index contributed by atoms with van der Waals surface area (Å²) >= 11 is 3.13. The van der Waals surface area contributed by atoms with Gasteiger partial charge in [-0.25, -0.2) is 9.97 Å². The van der Waals surface area contributed by atoms with E-state index in [1.165, 1.54) is 35.7 Å². The van der Waals surface area contributed by atoms with Crippen molar-refractivity contribution in [2.45, 2.75) is 31.2 Å². The number of thioether (sulfide) groups is 1. The summed E-state index contributed by atoms with van der Waals surface area (Å²) in [5, 5.41) is 4.49.